The van der Waals surface area contributed by atoms with Gasteiger partial charge < -0.3 is 9.84 Å². The lowest BCUT2D eigenvalue weighted by Crippen LogP contribution is -2.27. The third-order valence-electron chi connectivity index (χ3n) is 3.64. The molecule has 2 aromatic carbocycles. The van der Waals surface area contributed by atoms with Gasteiger partial charge in [-0.05, 0) is 67.1 Å². The van der Waals surface area contributed by atoms with E-state index >= 15 is 0 Å². The van der Waals surface area contributed by atoms with Crippen LogP contribution in [0.4, 0.5) is 10.5 Å². The fraction of sp³-hybridized carbons (Fsp3) is 0.158. The van der Waals surface area contributed by atoms with E-state index in [0.29, 0.717) is 28.5 Å². The molecule has 0 aromatic heterocycles. The lowest BCUT2D eigenvalue weighted by molar-refractivity contribution is -0.113. The predicted molar refractivity (Wildman–Crippen MR) is 98.9 cm³/mol. The summed E-state index contributed by atoms with van der Waals surface area (Å²) < 4.78 is 5.35. The molecular formula is C19H17NO4S. The van der Waals surface area contributed by atoms with Gasteiger partial charge >= 0.3 is 0 Å². The van der Waals surface area contributed by atoms with Crippen LogP contribution < -0.4 is 9.64 Å². The molecular weight excluding hydrogens is 338 g/mol. The summed E-state index contributed by atoms with van der Waals surface area (Å²) >= 11 is 0.896. The molecule has 1 aliphatic rings. The van der Waals surface area contributed by atoms with Crippen molar-refractivity contribution >= 4 is 34.7 Å². The Balaban J connectivity index is 1.92. The number of thioether (sulfide) groups is 1. The number of benzene rings is 2. The maximum Gasteiger partial charge on any atom is 0.298 e. The fourth-order valence-electron chi connectivity index (χ4n) is 2.50. The molecule has 0 atom stereocenters. The molecule has 5 nitrogen and oxygen atoms in total. The topological polar surface area (TPSA) is 66.8 Å². The number of phenolic OH excluding ortho intramolecular Hbond substituents is 1. The van der Waals surface area contributed by atoms with Gasteiger partial charge in [-0.3, -0.25) is 9.59 Å². The van der Waals surface area contributed by atoms with Crippen molar-refractivity contribution in [2.24, 2.45) is 0 Å². The highest BCUT2D eigenvalue weighted by atomic mass is 32.2. The van der Waals surface area contributed by atoms with Crippen molar-refractivity contribution in [2.45, 2.75) is 13.8 Å². The SMILES string of the molecule is CCOc1cc(/C=C2/SC(=O)N(c3cccc(C)c3)C2=O)ccc1O. The number of aryl methyl sites for hydroxylation is 1. The zero-order chi connectivity index (χ0) is 18.0. The average molecular weight is 355 g/mol. The van der Waals surface area contributed by atoms with E-state index in [0.717, 1.165) is 17.3 Å². The van der Waals surface area contributed by atoms with Crippen molar-refractivity contribution in [1.29, 1.82) is 0 Å². The van der Waals surface area contributed by atoms with Crippen LogP contribution in [0.3, 0.4) is 0 Å². The number of imide groups is 1. The van der Waals surface area contributed by atoms with Gasteiger partial charge in [0.25, 0.3) is 11.1 Å². The summed E-state index contributed by atoms with van der Waals surface area (Å²) in [7, 11) is 0. The first kappa shape index (κ1) is 17.1. The minimum atomic E-state index is -0.355. The molecule has 3 rings (SSSR count). The first-order chi connectivity index (χ1) is 12.0. The first-order valence-electron chi connectivity index (χ1n) is 7.80. The smallest absolute Gasteiger partial charge is 0.298 e. The first-order valence-corrected chi connectivity index (χ1v) is 8.61. The summed E-state index contributed by atoms with van der Waals surface area (Å²) in [6.07, 6.45) is 1.63. The van der Waals surface area contributed by atoms with E-state index < -0.39 is 0 Å². The summed E-state index contributed by atoms with van der Waals surface area (Å²) in [5.74, 6) is 0.0210. The van der Waals surface area contributed by atoms with Crippen LogP contribution in [0, 0.1) is 6.92 Å². The van der Waals surface area contributed by atoms with Crippen LogP contribution in [0.15, 0.2) is 47.4 Å². The molecule has 25 heavy (non-hydrogen) atoms. The zero-order valence-corrected chi connectivity index (χ0v) is 14.7. The second-order valence-corrected chi connectivity index (χ2v) is 6.51. The van der Waals surface area contributed by atoms with Crippen molar-refractivity contribution in [3.8, 4) is 11.5 Å². The predicted octanol–water partition coefficient (Wildman–Crippen LogP) is 4.34. The molecule has 6 heteroatoms. The van der Waals surface area contributed by atoms with Crippen molar-refractivity contribution in [3.63, 3.8) is 0 Å². The summed E-state index contributed by atoms with van der Waals surface area (Å²) in [5.41, 5.74) is 2.21. The lowest BCUT2D eigenvalue weighted by Gasteiger charge is -2.12. The Bertz CT molecular complexity index is 875. The van der Waals surface area contributed by atoms with Crippen molar-refractivity contribution in [3.05, 3.63) is 58.5 Å². The summed E-state index contributed by atoms with van der Waals surface area (Å²) in [5, 5.41) is 9.43. The average Bonchev–Trinajstić information content (AvgIpc) is 2.85. The third kappa shape index (κ3) is 3.53. The van der Waals surface area contributed by atoms with Crippen LogP contribution in [-0.4, -0.2) is 22.9 Å². The molecule has 0 bridgehead atoms. The van der Waals surface area contributed by atoms with Gasteiger partial charge in [0, 0.05) is 0 Å². The number of rotatable bonds is 4. The number of carbonyl (C=O) groups is 2. The van der Waals surface area contributed by atoms with E-state index in [1.807, 2.05) is 26.0 Å². The molecule has 0 aliphatic carbocycles. The van der Waals surface area contributed by atoms with Crippen LogP contribution in [0.2, 0.25) is 0 Å². The van der Waals surface area contributed by atoms with Crippen LogP contribution in [0.1, 0.15) is 18.1 Å². The van der Waals surface area contributed by atoms with Gasteiger partial charge in [-0.1, -0.05) is 18.2 Å². The Hall–Kier alpha value is -2.73. The third-order valence-corrected chi connectivity index (χ3v) is 4.50. The van der Waals surface area contributed by atoms with E-state index in [2.05, 4.69) is 0 Å². The molecule has 0 saturated carbocycles. The number of anilines is 1. The maximum atomic E-state index is 12.6. The summed E-state index contributed by atoms with van der Waals surface area (Å²) in [4.78, 5) is 26.4. The van der Waals surface area contributed by atoms with Gasteiger partial charge in [-0.25, -0.2) is 4.90 Å². The van der Waals surface area contributed by atoms with E-state index in [1.54, 1.807) is 30.3 Å². The molecule has 1 saturated heterocycles. The molecule has 1 aliphatic heterocycles. The highest BCUT2D eigenvalue weighted by Crippen LogP contribution is 2.37. The highest BCUT2D eigenvalue weighted by Gasteiger charge is 2.36. The Kier molecular flexibility index (Phi) is 4.81. The molecule has 1 heterocycles. The fourth-order valence-corrected chi connectivity index (χ4v) is 3.34. The molecule has 128 valence electrons. The number of phenols is 1. The number of ether oxygens (including phenoxy) is 1. The Morgan fingerprint density at radius 3 is 2.72 bits per heavy atom. The quantitative estimate of drug-likeness (QED) is 0.827. The second-order valence-electron chi connectivity index (χ2n) is 5.52. The standard InChI is InChI=1S/C19H17NO4S/c1-3-24-16-10-13(7-8-15(16)21)11-17-18(22)20(19(23)25-17)14-6-4-5-12(2)9-14/h4-11,21H,3H2,1-2H3/b17-11+. The number of hydrogen-bond donors (Lipinski definition) is 1. The maximum absolute atomic E-state index is 12.6. The van der Waals surface area contributed by atoms with Crippen LogP contribution >= 0.6 is 11.8 Å². The molecule has 2 aromatic rings. The molecule has 2 amide bonds. The normalized spacial score (nSPS) is 15.9. The van der Waals surface area contributed by atoms with Crippen LogP contribution in [-0.2, 0) is 4.79 Å². The number of amides is 2. The van der Waals surface area contributed by atoms with Gasteiger partial charge in [0.15, 0.2) is 11.5 Å². The minimum absolute atomic E-state index is 0.0341. The second kappa shape index (κ2) is 7.03. The molecule has 0 radical (unpaired) electrons. The van der Waals surface area contributed by atoms with Gasteiger partial charge in [0.05, 0.1) is 17.2 Å². The zero-order valence-electron chi connectivity index (χ0n) is 13.9. The van der Waals surface area contributed by atoms with E-state index in [-0.39, 0.29) is 16.9 Å². The Morgan fingerprint density at radius 2 is 2.00 bits per heavy atom. The van der Waals surface area contributed by atoms with Gasteiger partial charge in [-0.2, -0.15) is 0 Å². The van der Waals surface area contributed by atoms with Gasteiger partial charge in [0.1, 0.15) is 0 Å². The Morgan fingerprint density at radius 1 is 1.20 bits per heavy atom. The number of aromatic hydroxyl groups is 1. The van der Waals surface area contributed by atoms with E-state index in [1.165, 1.54) is 11.0 Å². The Labute approximate surface area is 149 Å². The summed E-state index contributed by atoms with van der Waals surface area (Å²) in [6.45, 7) is 4.14. The molecule has 0 unspecified atom stereocenters. The number of nitrogens with zero attached hydrogens (tertiary/aromatic N) is 1. The van der Waals surface area contributed by atoms with Gasteiger partial charge in [0.2, 0.25) is 0 Å². The number of hydrogen-bond acceptors (Lipinski definition) is 5. The summed E-state index contributed by atoms with van der Waals surface area (Å²) in [6, 6.07) is 12.1. The molecule has 1 fully saturated rings. The largest absolute Gasteiger partial charge is 0.504 e. The van der Waals surface area contributed by atoms with Crippen molar-refractivity contribution in [1.82, 2.24) is 0 Å². The van der Waals surface area contributed by atoms with Crippen molar-refractivity contribution in [2.75, 3.05) is 11.5 Å². The monoisotopic (exact) mass is 355 g/mol. The highest BCUT2D eigenvalue weighted by molar-refractivity contribution is 8.19. The minimum Gasteiger partial charge on any atom is -0.504 e. The van der Waals surface area contributed by atoms with E-state index in [4.69, 9.17) is 4.74 Å². The molecule has 0 spiro atoms. The molecule has 1 N–H and O–H groups in total. The number of carbonyl (C=O) groups excluding carboxylic acids is 2. The van der Waals surface area contributed by atoms with E-state index in [9.17, 15) is 14.7 Å². The van der Waals surface area contributed by atoms with Crippen LogP contribution in [0.25, 0.3) is 6.08 Å². The van der Waals surface area contributed by atoms with Crippen molar-refractivity contribution < 1.29 is 19.4 Å². The van der Waals surface area contributed by atoms with Gasteiger partial charge in [-0.15, -0.1) is 0 Å². The van der Waals surface area contributed by atoms with Crippen LogP contribution in [0.5, 0.6) is 11.5 Å². The lowest BCUT2D eigenvalue weighted by atomic mass is 10.1.